The molecule has 0 unspecified atom stereocenters. The van der Waals surface area contributed by atoms with Gasteiger partial charge in [-0.3, -0.25) is 19.8 Å². The number of nitrogen functional groups attached to an aromatic ring is 1. The number of nitrogens with two attached hydrogens (primary N) is 1. The number of hydrogen-bond acceptors (Lipinski definition) is 4. The summed E-state index contributed by atoms with van der Waals surface area (Å²) in [5.74, 6) is -2.05. The predicted molar refractivity (Wildman–Crippen MR) is 125 cm³/mol. The van der Waals surface area contributed by atoms with Gasteiger partial charge in [0, 0.05) is 24.4 Å². The van der Waals surface area contributed by atoms with Crippen molar-refractivity contribution in [1.82, 2.24) is 10.6 Å². The lowest BCUT2D eigenvalue weighted by Crippen LogP contribution is -2.47. The number of carbonyl (C=O) groups excluding carboxylic acids is 2. The molecule has 6 N–H and O–H groups in total. The Bertz CT molecular complexity index is 1010. The maximum Gasteiger partial charge on any atom is 0.303 e. The lowest BCUT2D eigenvalue weighted by molar-refractivity contribution is -0.138. The molecule has 2 atom stereocenters. The first-order valence-electron chi connectivity index (χ1n) is 11.0. The summed E-state index contributed by atoms with van der Waals surface area (Å²) in [4.78, 5) is 36.8. The van der Waals surface area contributed by atoms with Gasteiger partial charge in [0.05, 0.1) is 0 Å². The summed E-state index contributed by atoms with van der Waals surface area (Å²) in [6, 6.07) is 14.2. The van der Waals surface area contributed by atoms with Gasteiger partial charge in [-0.1, -0.05) is 48.5 Å². The zero-order chi connectivity index (χ0) is 24.0. The molecule has 1 aliphatic rings. The molecule has 0 fully saturated rings. The maximum absolute atomic E-state index is 13.1. The van der Waals surface area contributed by atoms with Crippen LogP contribution in [0.2, 0.25) is 0 Å². The van der Waals surface area contributed by atoms with Crippen molar-refractivity contribution in [1.29, 1.82) is 5.41 Å². The Balaban J connectivity index is 1.57. The molecule has 8 heteroatoms. The number of benzene rings is 2. The van der Waals surface area contributed by atoms with E-state index in [-0.39, 0.29) is 43.0 Å². The minimum absolute atomic E-state index is 0.0109. The highest BCUT2D eigenvalue weighted by atomic mass is 16.4. The minimum atomic E-state index is -0.940. The molecular weight excluding hydrogens is 420 g/mol. The van der Waals surface area contributed by atoms with Gasteiger partial charge >= 0.3 is 5.97 Å². The summed E-state index contributed by atoms with van der Waals surface area (Å²) in [5, 5.41) is 22.1. The molecule has 0 aromatic heterocycles. The van der Waals surface area contributed by atoms with Gasteiger partial charge in [0.15, 0.2) is 0 Å². The van der Waals surface area contributed by atoms with Crippen molar-refractivity contribution in [2.75, 3.05) is 0 Å². The van der Waals surface area contributed by atoms with Crippen LogP contribution in [0.1, 0.15) is 42.0 Å². The number of carboxylic acid groups (broad SMARTS) is 1. The van der Waals surface area contributed by atoms with Gasteiger partial charge in [-0.25, -0.2) is 0 Å². The SMILES string of the molecule is C[C@H](NC(=O)[C@H](CCC(=O)O)C1Cc2ccccc2C1)C(=O)NCc1ccc(C(=N)N)cc1. The number of carbonyl (C=O) groups is 3. The molecule has 0 aliphatic heterocycles. The van der Waals surface area contributed by atoms with E-state index in [0.29, 0.717) is 5.56 Å². The Morgan fingerprint density at radius 3 is 2.21 bits per heavy atom. The molecule has 8 nitrogen and oxygen atoms in total. The number of fused-ring (bicyclic) bond motifs is 1. The van der Waals surface area contributed by atoms with E-state index >= 15 is 0 Å². The Labute approximate surface area is 193 Å². The second kappa shape index (κ2) is 10.8. The van der Waals surface area contributed by atoms with Gasteiger partial charge in [-0.15, -0.1) is 0 Å². The number of amides is 2. The molecule has 0 bridgehead atoms. The molecule has 0 spiro atoms. The summed E-state index contributed by atoms with van der Waals surface area (Å²) < 4.78 is 0. The lowest BCUT2D eigenvalue weighted by Gasteiger charge is -2.24. The summed E-state index contributed by atoms with van der Waals surface area (Å²) in [5.41, 5.74) is 9.28. The molecule has 2 amide bonds. The fourth-order valence-electron chi connectivity index (χ4n) is 4.27. The summed E-state index contributed by atoms with van der Waals surface area (Å²) in [6.07, 6.45) is 1.59. The third-order valence-corrected chi connectivity index (χ3v) is 6.14. The van der Waals surface area contributed by atoms with Crippen LogP contribution in [0.4, 0.5) is 0 Å². The van der Waals surface area contributed by atoms with E-state index in [9.17, 15) is 14.4 Å². The molecule has 1 aliphatic carbocycles. The largest absolute Gasteiger partial charge is 0.481 e. The van der Waals surface area contributed by atoms with Crippen LogP contribution >= 0.6 is 0 Å². The number of nitrogens with one attached hydrogen (secondary N) is 3. The van der Waals surface area contributed by atoms with Gasteiger partial charge < -0.3 is 21.5 Å². The molecular formula is C25H30N4O4. The van der Waals surface area contributed by atoms with E-state index < -0.39 is 17.9 Å². The van der Waals surface area contributed by atoms with Crippen LogP contribution in [0.5, 0.6) is 0 Å². The van der Waals surface area contributed by atoms with E-state index in [4.69, 9.17) is 16.2 Å². The van der Waals surface area contributed by atoms with Gasteiger partial charge in [-0.05, 0) is 48.8 Å². The van der Waals surface area contributed by atoms with Crippen LogP contribution in [0.3, 0.4) is 0 Å². The van der Waals surface area contributed by atoms with Crippen molar-refractivity contribution in [2.45, 2.75) is 45.2 Å². The Morgan fingerprint density at radius 1 is 1.06 bits per heavy atom. The van der Waals surface area contributed by atoms with Crippen LogP contribution in [-0.4, -0.2) is 34.8 Å². The van der Waals surface area contributed by atoms with Crippen molar-refractivity contribution < 1.29 is 19.5 Å². The smallest absolute Gasteiger partial charge is 0.303 e. The normalized spacial score (nSPS) is 14.7. The molecule has 33 heavy (non-hydrogen) atoms. The van der Waals surface area contributed by atoms with Crippen LogP contribution in [-0.2, 0) is 33.8 Å². The number of carboxylic acids is 1. The molecule has 2 aromatic carbocycles. The van der Waals surface area contributed by atoms with Crippen LogP contribution in [0.25, 0.3) is 0 Å². The third-order valence-electron chi connectivity index (χ3n) is 6.14. The average Bonchev–Trinajstić information content (AvgIpc) is 3.21. The fraction of sp³-hybridized carbons (Fsp3) is 0.360. The van der Waals surface area contributed by atoms with Gasteiger partial charge in [0.25, 0.3) is 0 Å². The Hall–Kier alpha value is -3.68. The highest BCUT2D eigenvalue weighted by Gasteiger charge is 2.34. The van der Waals surface area contributed by atoms with Crippen molar-refractivity contribution in [3.05, 3.63) is 70.8 Å². The highest BCUT2D eigenvalue weighted by Crippen LogP contribution is 2.33. The maximum atomic E-state index is 13.1. The quantitative estimate of drug-likeness (QED) is 0.278. The van der Waals surface area contributed by atoms with E-state index in [1.807, 2.05) is 24.3 Å². The zero-order valence-corrected chi connectivity index (χ0v) is 18.6. The van der Waals surface area contributed by atoms with Crippen molar-refractivity contribution >= 4 is 23.6 Å². The lowest BCUT2D eigenvalue weighted by atomic mass is 9.85. The zero-order valence-electron chi connectivity index (χ0n) is 18.6. The Kier molecular flexibility index (Phi) is 7.82. The number of aliphatic carboxylic acids is 1. The van der Waals surface area contributed by atoms with Crippen molar-refractivity contribution in [3.8, 4) is 0 Å². The summed E-state index contributed by atoms with van der Waals surface area (Å²) >= 11 is 0. The number of amidine groups is 1. The molecule has 0 radical (unpaired) electrons. The predicted octanol–water partition coefficient (Wildman–Crippen LogP) is 1.99. The van der Waals surface area contributed by atoms with E-state index in [1.54, 1.807) is 31.2 Å². The highest BCUT2D eigenvalue weighted by molar-refractivity contribution is 5.94. The molecule has 0 saturated heterocycles. The van der Waals surface area contributed by atoms with E-state index in [1.165, 1.54) is 11.1 Å². The molecule has 3 rings (SSSR count). The van der Waals surface area contributed by atoms with Crippen LogP contribution in [0, 0.1) is 17.2 Å². The van der Waals surface area contributed by atoms with Gasteiger partial charge in [0.1, 0.15) is 11.9 Å². The first kappa shape index (κ1) is 24.0. The van der Waals surface area contributed by atoms with Gasteiger partial charge in [0.2, 0.25) is 11.8 Å². The number of hydrogen-bond donors (Lipinski definition) is 5. The summed E-state index contributed by atoms with van der Waals surface area (Å²) in [7, 11) is 0. The Morgan fingerprint density at radius 2 is 1.67 bits per heavy atom. The van der Waals surface area contributed by atoms with Crippen LogP contribution in [0.15, 0.2) is 48.5 Å². The molecule has 174 valence electrons. The van der Waals surface area contributed by atoms with Gasteiger partial charge in [-0.2, -0.15) is 0 Å². The first-order chi connectivity index (χ1) is 15.7. The fourth-order valence-corrected chi connectivity index (χ4v) is 4.27. The molecule has 0 heterocycles. The minimum Gasteiger partial charge on any atom is -0.481 e. The van der Waals surface area contributed by atoms with E-state index in [0.717, 1.165) is 18.4 Å². The standard InChI is InChI=1S/C25H30N4O4/c1-15(24(32)28-14-16-6-8-17(9-7-16)23(26)27)29-25(33)21(10-11-22(30)31)20-12-18-4-2-3-5-19(18)13-20/h2-9,15,20-21H,10-14H2,1H3,(H3,26,27)(H,28,32)(H,29,33)(H,30,31)/t15-,21+/m0/s1. The average molecular weight is 451 g/mol. The van der Waals surface area contributed by atoms with Crippen molar-refractivity contribution in [3.63, 3.8) is 0 Å². The first-order valence-corrected chi connectivity index (χ1v) is 11.0. The second-order valence-electron chi connectivity index (χ2n) is 8.53. The number of rotatable bonds is 10. The van der Waals surface area contributed by atoms with Crippen molar-refractivity contribution in [2.24, 2.45) is 17.6 Å². The molecule has 2 aromatic rings. The monoisotopic (exact) mass is 450 g/mol. The van der Waals surface area contributed by atoms with E-state index in [2.05, 4.69) is 10.6 Å². The summed E-state index contributed by atoms with van der Waals surface area (Å²) in [6.45, 7) is 1.89. The van der Waals surface area contributed by atoms with Crippen LogP contribution < -0.4 is 16.4 Å². The third kappa shape index (κ3) is 6.41. The molecule has 0 saturated carbocycles. The topological polar surface area (TPSA) is 145 Å². The second-order valence-corrected chi connectivity index (χ2v) is 8.53.